The number of rotatable bonds is 8. The van der Waals surface area contributed by atoms with Crippen molar-refractivity contribution in [2.75, 3.05) is 0 Å². The van der Waals surface area contributed by atoms with Crippen molar-refractivity contribution in [3.8, 4) is 23.4 Å². The largest absolute Gasteiger partial charge is 0.443 e. The summed E-state index contributed by atoms with van der Waals surface area (Å²) in [6, 6.07) is 14.3. The van der Waals surface area contributed by atoms with E-state index >= 15 is 0 Å². The number of nitrogens with one attached hydrogen (secondary N) is 1. The molecular weight excluding hydrogens is 563 g/mol. The highest BCUT2D eigenvalue weighted by atomic mass is 35.5. The Bertz CT molecular complexity index is 1780. The predicted molar refractivity (Wildman–Crippen MR) is 144 cm³/mol. The number of halogens is 2. The van der Waals surface area contributed by atoms with Crippen LogP contribution in [0, 0.1) is 11.3 Å². The number of esters is 1. The smallest absolute Gasteiger partial charge is 0.355 e. The van der Waals surface area contributed by atoms with Gasteiger partial charge in [0.05, 0.1) is 22.2 Å². The summed E-state index contributed by atoms with van der Waals surface area (Å²) in [5.74, 6) is -0.808. The Morgan fingerprint density at radius 3 is 2.40 bits per heavy atom. The summed E-state index contributed by atoms with van der Waals surface area (Å²) in [4.78, 5) is 50.0. The summed E-state index contributed by atoms with van der Waals surface area (Å²) in [7, 11) is 0. The van der Waals surface area contributed by atoms with Crippen molar-refractivity contribution in [3.05, 3.63) is 107 Å². The Balaban J connectivity index is 1.66. The topological polar surface area (TPSA) is 162 Å². The van der Waals surface area contributed by atoms with E-state index in [0.717, 1.165) is 4.68 Å². The number of benzene rings is 2. The molecule has 0 atom stereocenters. The van der Waals surface area contributed by atoms with Crippen LogP contribution in [0.4, 0.5) is 0 Å². The van der Waals surface area contributed by atoms with E-state index in [9.17, 15) is 24.4 Å². The van der Waals surface area contributed by atoms with Crippen molar-refractivity contribution in [3.63, 3.8) is 0 Å². The zero-order valence-electron chi connectivity index (χ0n) is 21.1. The van der Waals surface area contributed by atoms with Crippen LogP contribution in [0.3, 0.4) is 0 Å². The molecule has 0 saturated carbocycles. The molecule has 0 fully saturated rings. The molecule has 0 aliphatic carbocycles. The third-order valence-corrected chi connectivity index (χ3v) is 6.14. The van der Waals surface area contributed by atoms with Crippen molar-refractivity contribution in [2.24, 2.45) is 0 Å². The van der Waals surface area contributed by atoms with Gasteiger partial charge in [-0.3, -0.25) is 14.4 Å². The third kappa shape index (κ3) is 6.12. The molecule has 0 spiro atoms. The van der Waals surface area contributed by atoms with Gasteiger partial charge in [0.15, 0.2) is 12.5 Å². The molecule has 0 bridgehead atoms. The van der Waals surface area contributed by atoms with Crippen LogP contribution in [0.2, 0.25) is 10.0 Å². The minimum absolute atomic E-state index is 0.00879. The van der Waals surface area contributed by atoms with E-state index in [1.54, 1.807) is 36.4 Å². The van der Waals surface area contributed by atoms with E-state index in [-0.39, 0.29) is 45.3 Å². The highest BCUT2D eigenvalue weighted by Gasteiger charge is 2.19. The number of hydrogen-bond donors (Lipinski definition) is 1. The van der Waals surface area contributed by atoms with Crippen molar-refractivity contribution < 1.29 is 14.3 Å². The summed E-state index contributed by atoms with van der Waals surface area (Å²) in [6.45, 7) is 2.90. The number of carbonyl (C=O) groups is 1. The van der Waals surface area contributed by atoms with Crippen LogP contribution in [0.1, 0.15) is 36.6 Å². The Hall–Kier alpha value is -4.73. The van der Waals surface area contributed by atoms with Crippen molar-refractivity contribution in [1.29, 1.82) is 5.26 Å². The van der Waals surface area contributed by atoms with Gasteiger partial charge in [0.2, 0.25) is 11.6 Å². The molecule has 0 unspecified atom stereocenters. The van der Waals surface area contributed by atoms with E-state index in [0.29, 0.717) is 15.7 Å². The summed E-state index contributed by atoms with van der Waals surface area (Å²) < 4.78 is 12.1. The number of aromatic amines is 1. The van der Waals surface area contributed by atoms with E-state index in [2.05, 4.69) is 15.3 Å². The number of carbonyl (C=O) groups excluding carboxylic acids is 1. The van der Waals surface area contributed by atoms with Crippen LogP contribution in [0.15, 0.2) is 62.9 Å². The molecule has 0 aliphatic rings. The van der Waals surface area contributed by atoms with Crippen LogP contribution < -0.4 is 21.5 Å². The Morgan fingerprint density at radius 2 is 1.77 bits per heavy atom. The standard InChI is InChI=1S/C26H20Cl2N6O6/c1-14(2)17-11-21(30-31-24(17)36)40-23-18(27)9-16(10-19(23)28)34-26(38)33(25(37)20(12-29)32-34)13-39-22(35)8-15-6-4-3-5-7-15/h3-7,9-11,14H,8,13H2,1-2H3,(H,31,36). The van der Waals surface area contributed by atoms with Crippen LogP contribution in [0.5, 0.6) is 11.6 Å². The minimum atomic E-state index is -1.04. The van der Waals surface area contributed by atoms with Crippen LogP contribution in [-0.4, -0.2) is 30.5 Å². The SMILES string of the molecule is CC(C)c1cc(Oc2c(Cl)cc(-n3nc(C#N)c(=O)n(COC(=O)Cc4ccccc4)c3=O)cc2Cl)n[nH]c1=O. The summed E-state index contributed by atoms with van der Waals surface area (Å²) in [6.07, 6.45) is -0.0878. The number of ether oxygens (including phenoxy) is 2. The number of aromatic nitrogens is 5. The second kappa shape index (κ2) is 12.0. The maximum atomic E-state index is 13.2. The lowest BCUT2D eigenvalue weighted by Crippen LogP contribution is -2.43. The van der Waals surface area contributed by atoms with Crippen LogP contribution in [0.25, 0.3) is 5.69 Å². The molecule has 4 aromatic rings. The molecular formula is C26H20Cl2N6O6. The second-order valence-electron chi connectivity index (χ2n) is 8.68. The van der Waals surface area contributed by atoms with Gasteiger partial charge < -0.3 is 9.47 Å². The van der Waals surface area contributed by atoms with Gasteiger partial charge in [-0.15, -0.1) is 10.2 Å². The zero-order chi connectivity index (χ0) is 29.0. The number of H-pyrrole nitrogens is 1. The summed E-state index contributed by atoms with van der Waals surface area (Å²) in [5.41, 5.74) is -1.96. The van der Waals surface area contributed by atoms with Crippen LogP contribution in [-0.2, 0) is 22.7 Å². The first-order valence-corrected chi connectivity index (χ1v) is 12.4. The minimum Gasteiger partial charge on any atom is -0.443 e. The highest BCUT2D eigenvalue weighted by molar-refractivity contribution is 6.37. The van der Waals surface area contributed by atoms with Crippen molar-refractivity contribution >= 4 is 29.2 Å². The summed E-state index contributed by atoms with van der Waals surface area (Å²) >= 11 is 12.8. The summed E-state index contributed by atoms with van der Waals surface area (Å²) in [5, 5.41) is 19.3. The molecule has 0 saturated heterocycles. The Kier molecular flexibility index (Phi) is 8.47. The molecule has 40 heavy (non-hydrogen) atoms. The van der Waals surface area contributed by atoms with E-state index in [1.165, 1.54) is 18.2 Å². The van der Waals surface area contributed by atoms with Crippen molar-refractivity contribution in [2.45, 2.75) is 32.9 Å². The molecule has 12 nitrogen and oxygen atoms in total. The van der Waals surface area contributed by atoms with Gasteiger partial charge >= 0.3 is 11.7 Å². The molecule has 14 heteroatoms. The van der Waals surface area contributed by atoms with E-state index in [4.69, 9.17) is 32.7 Å². The first-order valence-electron chi connectivity index (χ1n) is 11.7. The fourth-order valence-corrected chi connectivity index (χ4v) is 4.12. The average Bonchev–Trinajstić information content (AvgIpc) is 2.92. The fraction of sp³-hybridized carbons (Fsp3) is 0.192. The lowest BCUT2D eigenvalue weighted by atomic mass is 10.1. The predicted octanol–water partition coefficient (Wildman–Crippen LogP) is 3.32. The van der Waals surface area contributed by atoms with Crippen LogP contribution >= 0.6 is 23.2 Å². The zero-order valence-corrected chi connectivity index (χ0v) is 22.6. The first-order chi connectivity index (χ1) is 19.1. The molecule has 0 amide bonds. The molecule has 204 valence electrons. The lowest BCUT2D eigenvalue weighted by Gasteiger charge is -2.14. The number of nitrogens with zero attached hydrogens (tertiary/aromatic N) is 5. The normalized spacial score (nSPS) is 10.8. The molecule has 2 aromatic carbocycles. The average molecular weight is 583 g/mol. The Labute approximate surface area is 235 Å². The number of nitriles is 1. The maximum Gasteiger partial charge on any atom is 0.355 e. The van der Waals surface area contributed by atoms with E-state index < -0.39 is 29.6 Å². The third-order valence-electron chi connectivity index (χ3n) is 5.58. The molecule has 2 heterocycles. The van der Waals surface area contributed by atoms with Gasteiger partial charge in [-0.05, 0) is 23.6 Å². The lowest BCUT2D eigenvalue weighted by molar-refractivity contribution is -0.146. The van der Waals surface area contributed by atoms with Gasteiger partial charge in [-0.25, -0.2) is 14.5 Å². The molecule has 2 aromatic heterocycles. The Morgan fingerprint density at radius 1 is 1.10 bits per heavy atom. The molecule has 4 rings (SSSR count). The quantitative estimate of drug-likeness (QED) is 0.307. The molecule has 0 radical (unpaired) electrons. The van der Waals surface area contributed by atoms with Gasteiger partial charge in [0.1, 0.15) is 6.07 Å². The highest BCUT2D eigenvalue weighted by Crippen LogP contribution is 2.37. The van der Waals surface area contributed by atoms with Gasteiger partial charge in [0, 0.05) is 11.6 Å². The fourth-order valence-electron chi connectivity index (χ4n) is 3.57. The van der Waals surface area contributed by atoms with Crippen molar-refractivity contribution in [1.82, 2.24) is 24.5 Å². The number of hydrogen-bond acceptors (Lipinski definition) is 9. The monoisotopic (exact) mass is 582 g/mol. The maximum absolute atomic E-state index is 13.2. The van der Waals surface area contributed by atoms with Gasteiger partial charge in [-0.2, -0.15) is 9.94 Å². The molecule has 1 N–H and O–H groups in total. The first kappa shape index (κ1) is 28.3. The van der Waals surface area contributed by atoms with Gasteiger partial charge in [0.25, 0.3) is 11.1 Å². The van der Waals surface area contributed by atoms with Gasteiger partial charge in [-0.1, -0.05) is 67.4 Å². The second-order valence-corrected chi connectivity index (χ2v) is 9.50. The molecule has 0 aliphatic heterocycles. The van der Waals surface area contributed by atoms with E-state index in [1.807, 2.05) is 13.8 Å².